The van der Waals surface area contributed by atoms with Crippen LogP contribution in [-0.4, -0.2) is 39.4 Å². The maximum atomic E-state index is 12.4. The van der Waals surface area contributed by atoms with Crippen molar-refractivity contribution in [1.29, 1.82) is 0 Å². The topological polar surface area (TPSA) is 49.8 Å². The number of amides is 1. The number of fused-ring (bicyclic) bond motifs is 2. The average Bonchev–Trinajstić information content (AvgIpc) is 2.46. The van der Waals surface area contributed by atoms with Crippen LogP contribution in [0.5, 0.6) is 0 Å². The minimum absolute atomic E-state index is 0.175. The lowest BCUT2D eigenvalue weighted by atomic mass is 9.67. The van der Waals surface area contributed by atoms with Crippen LogP contribution in [0, 0.1) is 5.92 Å². The van der Waals surface area contributed by atoms with Gasteiger partial charge in [0.1, 0.15) is 5.60 Å². The standard InChI is InChI=1S/C16H27NO3/c1-15(2,3)20-14(18)17-12-7-8-13(17)10-16(19,9-12)11-5-4-6-11/h11-13,19H,4-10H2,1-3H3. The molecular weight excluding hydrogens is 254 g/mol. The molecule has 1 saturated carbocycles. The Labute approximate surface area is 121 Å². The van der Waals surface area contributed by atoms with Crippen LogP contribution >= 0.6 is 0 Å². The molecule has 1 N–H and O–H groups in total. The van der Waals surface area contributed by atoms with Crippen molar-refractivity contribution in [3.05, 3.63) is 0 Å². The van der Waals surface area contributed by atoms with Gasteiger partial charge in [-0.3, -0.25) is 0 Å². The Morgan fingerprint density at radius 3 is 2.10 bits per heavy atom. The van der Waals surface area contributed by atoms with E-state index in [0.29, 0.717) is 5.92 Å². The predicted molar refractivity (Wildman–Crippen MR) is 76.4 cm³/mol. The van der Waals surface area contributed by atoms with Gasteiger partial charge in [0.2, 0.25) is 0 Å². The third-order valence-corrected chi connectivity index (χ3v) is 5.27. The summed E-state index contributed by atoms with van der Waals surface area (Å²) in [6.07, 6.45) is 6.88. The smallest absolute Gasteiger partial charge is 0.410 e. The fourth-order valence-corrected chi connectivity index (χ4v) is 4.15. The highest BCUT2D eigenvalue weighted by molar-refractivity contribution is 5.69. The monoisotopic (exact) mass is 281 g/mol. The second kappa shape index (κ2) is 4.62. The van der Waals surface area contributed by atoms with Gasteiger partial charge in [-0.05, 0) is 65.2 Å². The van der Waals surface area contributed by atoms with Crippen molar-refractivity contribution in [2.24, 2.45) is 5.92 Å². The molecule has 2 saturated heterocycles. The first-order valence-corrected chi connectivity index (χ1v) is 8.02. The van der Waals surface area contributed by atoms with Crippen LogP contribution < -0.4 is 0 Å². The molecule has 3 aliphatic rings. The predicted octanol–water partition coefficient (Wildman–Crippen LogP) is 3.08. The lowest BCUT2D eigenvalue weighted by Gasteiger charge is -2.49. The zero-order chi connectivity index (χ0) is 14.5. The summed E-state index contributed by atoms with van der Waals surface area (Å²) in [6, 6.07) is 0.350. The molecule has 0 aromatic rings. The van der Waals surface area contributed by atoms with Gasteiger partial charge in [-0.15, -0.1) is 0 Å². The van der Waals surface area contributed by atoms with Gasteiger partial charge >= 0.3 is 6.09 Å². The van der Waals surface area contributed by atoms with Crippen LogP contribution in [0.1, 0.15) is 65.7 Å². The van der Waals surface area contributed by atoms with Gasteiger partial charge < -0.3 is 14.7 Å². The van der Waals surface area contributed by atoms with E-state index in [-0.39, 0.29) is 18.2 Å². The van der Waals surface area contributed by atoms with Crippen LogP contribution in [0.25, 0.3) is 0 Å². The zero-order valence-electron chi connectivity index (χ0n) is 12.9. The highest BCUT2D eigenvalue weighted by Gasteiger charge is 2.53. The number of piperidine rings is 1. The first-order chi connectivity index (χ1) is 9.28. The number of ether oxygens (including phenoxy) is 1. The van der Waals surface area contributed by atoms with Gasteiger partial charge in [0, 0.05) is 12.1 Å². The molecule has 1 amide bonds. The first-order valence-electron chi connectivity index (χ1n) is 8.02. The van der Waals surface area contributed by atoms with E-state index < -0.39 is 11.2 Å². The maximum absolute atomic E-state index is 12.4. The van der Waals surface area contributed by atoms with Crippen molar-refractivity contribution in [2.45, 2.75) is 89.0 Å². The third kappa shape index (κ3) is 2.43. The van der Waals surface area contributed by atoms with Crippen molar-refractivity contribution in [3.8, 4) is 0 Å². The number of aliphatic hydroxyl groups is 1. The van der Waals surface area contributed by atoms with E-state index in [9.17, 15) is 9.90 Å². The molecule has 2 atom stereocenters. The minimum Gasteiger partial charge on any atom is -0.444 e. The number of nitrogens with zero attached hydrogens (tertiary/aromatic N) is 1. The summed E-state index contributed by atoms with van der Waals surface area (Å²) < 4.78 is 5.53. The fourth-order valence-electron chi connectivity index (χ4n) is 4.15. The zero-order valence-corrected chi connectivity index (χ0v) is 12.9. The molecule has 2 aliphatic heterocycles. The second-order valence-corrected chi connectivity index (χ2v) is 7.91. The van der Waals surface area contributed by atoms with E-state index in [1.54, 1.807) is 0 Å². The van der Waals surface area contributed by atoms with Gasteiger partial charge in [0.15, 0.2) is 0 Å². The molecule has 3 rings (SSSR count). The van der Waals surface area contributed by atoms with Crippen molar-refractivity contribution < 1.29 is 14.6 Å². The number of hydrogen-bond acceptors (Lipinski definition) is 3. The molecule has 0 aromatic carbocycles. The Bertz CT molecular complexity index is 383. The van der Waals surface area contributed by atoms with Crippen LogP contribution in [0.15, 0.2) is 0 Å². The van der Waals surface area contributed by atoms with Gasteiger partial charge in [-0.2, -0.15) is 0 Å². The highest BCUT2D eigenvalue weighted by Crippen LogP contribution is 2.49. The van der Waals surface area contributed by atoms with Gasteiger partial charge in [0.05, 0.1) is 5.60 Å². The van der Waals surface area contributed by atoms with Gasteiger partial charge in [-0.1, -0.05) is 6.42 Å². The molecule has 114 valence electrons. The van der Waals surface area contributed by atoms with Crippen LogP contribution in [0.3, 0.4) is 0 Å². The summed E-state index contributed by atoms with van der Waals surface area (Å²) in [4.78, 5) is 14.3. The van der Waals surface area contributed by atoms with Crippen molar-refractivity contribution in [1.82, 2.24) is 4.90 Å². The van der Waals surface area contributed by atoms with Crippen molar-refractivity contribution in [3.63, 3.8) is 0 Å². The molecule has 0 spiro atoms. The number of carbonyl (C=O) groups excluding carboxylic acids is 1. The molecule has 4 heteroatoms. The summed E-state index contributed by atoms with van der Waals surface area (Å²) >= 11 is 0. The summed E-state index contributed by atoms with van der Waals surface area (Å²) in [5.74, 6) is 0.464. The second-order valence-electron chi connectivity index (χ2n) is 7.91. The fraction of sp³-hybridized carbons (Fsp3) is 0.938. The minimum atomic E-state index is -0.525. The van der Waals surface area contributed by atoms with Crippen LogP contribution in [0.2, 0.25) is 0 Å². The Morgan fingerprint density at radius 1 is 1.15 bits per heavy atom. The van der Waals surface area contributed by atoms with Gasteiger partial charge in [0.25, 0.3) is 0 Å². The van der Waals surface area contributed by atoms with E-state index in [0.717, 1.165) is 38.5 Å². The molecular formula is C16H27NO3. The molecule has 3 fully saturated rings. The van der Waals surface area contributed by atoms with E-state index in [1.165, 1.54) is 6.42 Å². The summed E-state index contributed by atoms with van der Waals surface area (Å²) in [5, 5.41) is 10.9. The van der Waals surface area contributed by atoms with E-state index in [2.05, 4.69) is 0 Å². The van der Waals surface area contributed by atoms with E-state index >= 15 is 0 Å². The van der Waals surface area contributed by atoms with Gasteiger partial charge in [-0.25, -0.2) is 4.79 Å². The van der Waals surface area contributed by atoms with Crippen LogP contribution in [0.4, 0.5) is 4.79 Å². The van der Waals surface area contributed by atoms with Crippen LogP contribution in [-0.2, 0) is 4.74 Å². The Kier molecular flexibility index (Phi) is 3.27. The van der Waals surface area contributed by atoms with E-state index in [1.807, 2.05) is 25.7 Å². The lowest BCUT2D eigenvalue weighted by molar-refractivity contribution is -0.110. The quantitative estimate of drug-likeness (QED) is 0.803. The summed E-state index contributed by atoms with van der Waals surface area (Å²) in [5.41, 5.74) is -0.971. The number of hydrogen-bond donors (Lipinski definition) is 1. The molecule has 0 aromatic heterocycles. The molecule has 2 heterocycles. The SMILES string of the molecule is CC(C)(C)OC(=O)N1C2CCC1CC(O)(C1CCC1)C2. The molecule has 2 bridgehead atoms. The molecule has 0 radical (unpaired) electrons. The molecule has 4 nitrogen and oxygen atoms in total. The largest absolute Gasteiger partial charge is 0.444 e. The first kappa shape index (κ1) is 14.2. The highest BCUT2D eigenvalue weighted by atomic mass is 16.6. The van der Waals surface area contributed by atoms with Crippen molar-refractivity contribution >= 4 is 6.09 Å². The number of rotatable bonds is 1. The average molecular weight is 281 g/mol. The van der Waals surface area contributed by atoms with E-state index in [4.69, 9.17) is 4.74 Å². The van der Waals surface area contributed by atoms with Crippen molar-refractivity contribution in [2.75, 3.05) is 0 Å². The summed E-state index contributed by atoms with van der Waals surface area (Å²) in [7, 11) is 0. The summed E-state index contributed by atoms with van der Waals surface area (Å²) in [6.45, 7) is 5.71. The molecule has 1 aliphatic carbocycles. The Hall–Kier alpha value is -0.770. The number of carbonyl (C=O) groups is 1. The molecule has 2 unspecified atom stereocenters. The third-order valence-electron chi connectivity index (χ3n) is 5.27. The normalized spacial score (nSPS) is 37.7. The molecule has 20 heavy (non-hydrogen) atoms. The maximum Gasteiger partial charge on any atom is 0.410 e. The Balaban J connectivity index is 1.70. The Morgan fingerprint density at radius 2 is 1.70 bits per heavy atom. The lowest BCUT2D eigenvalue weighted by Crippen LogP contribution is -2.57.